The molecular weight excluding hydrogens is 554 g/mol. The Morgan fingerprint density at radius 3 is 2.67 bits per heavy atom. The summed E-state index contributed by atoms with van der Waals surface area (Å²) < 4.78 is 18.0. The first kappa shape index (κ1) is 28.4. The van der Waals surface area contributed by atoms with Crippen LogP contribution < -0.4 is 20.3 Å². The molecule has 43 heavy (non-hydrogen) atoms. The Morgan fingerprint density at radius 2 is 1.91 bits per heavy atom. The van der Waals surface area contributed by atoms with Crippen LogP contribution in [0.3, 0.4) is 0 Å². The van der Waals surface area contributed by atoms with E-state index < -0.39 is 17.7 Å². The molecule has 0 spiro atoms. The summed E-state index contributed by atoms with van der Waals surface area (Å²) in [5.41, 5.74) is 1.44. The van der Waals surface area contributed by atoms with Gasteiger partial charge in [0.15, 0.2) is 11.5 Å². The average Bonchev–Trinajstić information content (AvgIpc) is 3.78. The Hall–Kier alpha value is -4.71. The standard InChI is InChI=1S/C31H33N5O7/c1-41-26-12-19-5-9-25(26)43-22-4-2-3-20(11-22)18-42-27-16-35(31(40)23-13-33-28(37)14-32-23)15-24(27)34-29(38)17-36(21-7-8-21)30(39)10-6-19/h2-5,9,11-14,21,24,27H,6-8,10,15-18H2,1H3,(H,33,37)(H,34,38)/t24-,27-/m0/s1. The van der Waals surface area contributed by atoms with Crippen LogP contribution in [-0.2, 0) is 27.4 Å². The summed E-state index contributed by atoms with van der Waals surface area (Å²) in [6, 6.07) is 12.6. The van der Waals surface area contributed by atoms with E-state index in [0.29, 0.717) is 23.7 Å². The van der Waals surface area contributed by atoms with Gasteiger partial charge in [-0.1, -0.05) is 18.2 Å². The zero-order chi connectivity index (χ0) is 29.9. The average molecular weight is 588 g/mol. The lowest BCUT2D eigenvalue weighted by Gasteiger charge is -2.25. The Kier molecular flexibility index (Phi) is 8.10. The number of H-pyrrole nitrogens is 1. The first-order valence-corrected chi connectivity index (χ1v) is 14.3. The van der Waals surface area contributed by atoms with Crippen molar-refractivity contribution in [2.24, 2.45) is 0 Å². The Labute approximate surface area is 247 Å². The summed E-state index contributed by atoms with van der Waals surface area (Å²) in [7, 11) is 1.57. The van der Waals surface area contributed by atoms with Crippen LogP contribution >= 0.6 is 0 Å². The molecule has 4 bridgehead atoms. The largest absolute Gasteiger partial charge is 0.493 e. The normalized spacial score (nSPS) is 21.2. The number of carbonyl (C=O) groups excluding carboxylic acids is 3. The second kappa shape index (κ2) is 12.3. The second-order valence-electron chi connectivity index (χ2n) is 11.0. The number of ether oxygens (including phenoxy) is 3. The zero-order valence-electron chi connectivity index (χ0n) is 23.8. The molecule has 2 N–H and O–H groups in total. The number of likely N-dealkylation sites (tertiary alicyclic amines) is 1. The lowest BCUT2D eigenvalue weighted by Crippen LogP contribution is -2.49. The Bertz CT molecular complexity index is 1570. The highest BCUT2D eigenvalue weighted by atomic mass is 16.5. The predicted octanol–water partition coefficient (Wildman–Crippen LogP) is 2.03. The fourth-order valence-corrected chi connectivity index (χ4v) is 5.46. The maximum atomic E-state index is 13.3. The second-order valence-corrected chi connectivity index (χ2v) is 11.0. The Balaban J connectivity index is 1.27. The number of nitrogens with one attached hydrogen (secondary N) is 2. The van der Waals surface area contributed by atoms with Crippen molar-refractivity contribution >= 4 is 17.7 Å². The number of aromatic nitrogens is 2. The number of nitrogens with zero attached hydrogens (tertiary/aromatic N) is 3. The van der Waals surface area contributed by atoms with Gasteiger partial charge in [0.2, 0.25) is 11.8 Å². The van der Waals surface area contributed by atoms with Crippen LogP contribution in [0.25, 0.3) is 0 Å². The van der Waals surface area contributed by atoms with Gasteiger partial charge < -0.3 is 34.3 Å². The van der Waals surface area contributed by atoms with E-state index in [-0.39, 0.29) is 62.1 Å². The van der Waals surface area contributed by atoms with Crippen molar-refractivity contribution in [3.8, 4) is 17.2 Å². The van der Waals surface area contributed by atoms with Gasteiger partial charge in [0.1, 0.15) is 11.4 Å². The molecule has 1 aromatic heterocycles. The van der Waals surface area contributed by atoms with Gasteiger partial charge in [0.05, 0.1) is 38.6 Å². The summed E-state index contributed by atoms with van der Waals surface area (Å²) in [6.45, 7) is 0.524. The molecule has 4 aliphatic rings. The monoisotopic (exact) mass is 587 g/mol. The molecule has 2 atom stereocenters. The van der Waals surface area contributed by atoms with Crippen LogP contribution in [-0.4, -0.2) is 82.4 Å². The van der Waals surface area contributed by atoms with E-state index in [1.54, 1.807) is 16.9 Å². The van der Waals surface area contributed by atoms with Gasteiger partial charge in [-0.05, 0) is 54.7 Å². The molecule has 4 heterocycles. The Morgan fingerprint density at radius 1 is 1.05 bits per heavy atom. The van der Waals surface area contributed by atoms with E-state index in [9.17, 15) is 19.2 Å². The smallest absolute Gasteiger partial charge is 0.274 e. The highest BCUT2D eigenvalue weighted by molar-refractivity contribution is 5.92. The van der Waals surface area contributed by atoms with Gasteiger partial charge in [-0.15, -0.1) is 0 Å². The highest BCUT2D eigenvalue weighted by Crippen LogP contribution is 2.34. The molecule has 3 aromatic rings. The summed E-state index contributed by atoms with van der Waals surface area (Å²) in [5.74, 6) is 0.904. The quantitative estimate of drug-likeness (QED) is 0.474. The SMILES string of the molecule is COc1cc2ccc1Oc1cccc(c1)CO[C@H]1CN(C(=O)c3c[nH]c(=O)cn3)C[C@@H]1NC(=O)CN(C1CC1)C(=O)CC2. The van der Waals surface area contributed by atoms with Gasteiger partial charge in [-0.3, -0.25) is 19.2 Å². The minimum atomic E-state index is -0.528. The fraction of sp³-hybridized carbons (Fsp3) is 0.387. The van der Waals surface area contributed by atoms with Crippen LogP contribution in [0.4, 0.5) is 0 Å². The van der Waals surface area contributed by atoms with Gasteiger partial charge in [-0.2, -0.15) is 0 Å². The van der Waals surface area contributed by atoms with E-state index in [1.807, 2.05) is 42.5 Å². The number of aromatic amines is 1. The van der Waals surface area contributed by atoms with Crippen molar-refractivity contribution in [2.75, 3.05) is 26.7 Å². The van der Waals surface area contributed by atoms with Crippen molar-refractivity contribution in [1.82, 2.24) is 25.1 Å². The van der Waals surface area contributed by atoms with Crippen LogP contribution in [0.15, 0.2) is 59.7 Å². The van der Waals surface area contributed by atoms with Crippen LogP contribution in [0.5, 0.6) is 17.2 Å². The lowest BCUT2D eigenvalue weighted by molar-refractivity contribution is -0.137. The number of methoxy groups -OCH3 is 1. The maximum Gasteiger partial charge on any atom is 0.274 e. The van der Waals surface area contributed by atoms with Gasteiger partial charge in [-0.25, -0.2) is 4.98 Å². The summed E-state index contributed by atoms with van der Waals surface area (Å²) in [6.07, 6.45) is 4.26. The van der Waals surface area contributed by atoms with Crippen molar-refractivity contribution in [1.29, 1.82) is 0 Å². The summed E-state index contributed by atoms with van der Waals surface area (Å²) in [5, 5.41) is 3.02. The number of fused-ring (bicyclic) bond motifs is 9. The number of benzene rings is 2. The summed E-state index contributed by atoms with van der Waals surface area (Å²) >= 11 is 0. The van der Waals surface area contributed by atoms with Gasteiger partial charge >= 0.3 is 0 Å². The lowest BCUT2D eigenvalue weighted by atomic mass is 10.1. The minimum Gasteiger partial charge on any atom is -0.493 e. The first-order valence-electron chi connectivity index (χ1n) is 14.3. The van der Waals surface area contributed by atoms with E-state index in [2.05, 4.69) is 15.3 Å². The number of aryl methyl sites for hydroxylation is 1. The molecule has 12 nitrogen and oxygen atoms in total. The molecule has 3 aliphatic heterocycles. The van der Waals surface area contributed by atoms with Crippen LogP contribution in [0, 0.1) is 0 Å². The number of hydrogen-bond acceptors (Lipinski definition) is 8. The van der Waals surface area contributed by atoms with Gasteiger partial charge in [0.25, 0.3) is 11.5 Å². The minimum absolute atomic E-state index is 0.0454. The van der Waals surface area contributed by atoms with E-state index in [1.165, 1.54) is 6.20 Å². The van der Waals surface area contributed by atoms with Crippen molar-refractivity contribution < 1.29 is 28.6 Å². The molecule has 1 saturated carbocycles. The summed E-state index contributed by atoms with van der Waals surface area (Å²) in [4.78, 5) is 60.8. The van der Waals surface area contributed by atoms with Crippen LogP contribution in [0.1, 0.15) is 40.9 Å². The fourth-order valence-electron chi connectivity index (χ4n) is 5.46. The molecule has 1 aliphatic carbocycles. The maximum absolute atomic E-state index is 13.3. The molecule has 0 unspecified atom stereocenters. The van der Waals surface area contributed by atoms with Gasteiger partial charge in [0, 0.05) is 31.7 Å². The number of hydrogen-bond donors (Lipinski definition) is 2. The third kappa shape index (κ3) is 6.69. The molecular formula is C31H33N5O7. The molecule has 3 amide bonds. The first-order chi connectivity index (χ1) is 20.9. The van der Waals surface area contributed by atoms with Crippen molar-refractivity contribution in [2.45, 2.75) is 50.5 Å². The van der Waals surface area contributed by atoms with Crippen molar-refractivity contribution in [3.63, 3.8) is 0 Å². The third-order valence-electron chi connectivity index (χ3n) is 7.86. The molecule has 12 heteroatoms. The molecule has 1 saturated heterocycles. The van der Waals surface area contributed by atoms with Crippen molar-refractivity contribution in [3.05, 3.63) is 82.0 Å². The molecule has 0 radical (unpaired) electrons. The molecule has 2 fully saturated rings. The highest BCUT2D eigenvalue weighted by Gasteiger charge is 2.39. The predicted molar refractivity (Wildman–Crippen MR) is 154 cm³/mol. The van der Waals surface area contributed by atoms with E-state index >= 15 is 0 Å². The van der Waals surface area contributed by atoms with E-state index in [0.717, 1.165) is 30.2 Å². The topological polar surface area (TPSA) is 143 Å². The number of carbonyl (C=O) groups is 3. The number of rotatable bonds is 3. The number of amides is 3. The third-order valence-corrected chi connectivity index (χ3v) is 7.86. The molecule has 2 aromatic carbocycles. The zero-order valence-corrected chi connectivity index (χ0v) is 23.8. The van der Waals surface area contributed by atoms with E-state index in [4.69, 9.17) is 14.2 Å². The molecule has 7 rings (SSSR count). The van der Waals surface area contributed by atoms with Crippen LogP contribution in [0.2, 0.25) is 0 Å². The molecule has 224 valence electrons.